The number of rotatable bonds is 4. The third-order valence-corrected chi connectivity index (χ3v) is 2.93. The molecular formula is C15H15F2NO. The van der Waals surface area contributed by atoms with Crippen LogP contribution in [-0.4, -0.2) is 14.2 Å². The van der Waals surface area contributed by atoms with Crippen LogP contribution in [0.3, 0.4) is 0 Å². The molecule has 0 fully saturated rings. The van der Waals surface area contributed by atoms with Gasteiger partial charge in [0.25, 0.3) is 0 Å². The SMILES string of the molecule is CNC(c1cc(F)cc(F)c1)c1cccc(OC)c1. The van der Waals surface area contributed by atoms with Gasteiger partial charge in [-0.05, 0) is 42.4 Å². The Kier molecular flexibility index (Phi) is 4.12. The fourth-order valence-electron chi connectivity index (χ4n) is 2.09. The molecule has 0 aliphatic rings. The molecule has 0 spiro atoms. The molecule has 0 saturated heterocycles. The summed E-state index contributed by atoms with van der Waals surface area (Å²) in [6, 6.07) is 10.6. The van der Waals surface area contributed by atoms with Gasteiger partial charge in [-0.25, -0.2) is 8.78 Å². The monoisotopic (exact) mass is 263 g/mol. The highest BCUT2D eigenvalue weighted by molar-refractivity contribution is 5.37. The molecule has 19 heavy (non-hydrogen) atoms. The molecule has 0 saturated carbocycles. The Morgan fingerprint density at radius 3 is 2.26 bits per heavy atom. The Morgan fingerprint density at radius 2 is 1.68 bits per heavy atom. The van der Waals surface area contributed by atoms with Gasteiger partial charge in [-0.15, -0.1) is 0 Å². The molecule has 2 aromatic rings. The standard InChI is InChI=1S/C15H15F2NO/c1-18-15(10-4-3-5-14(8-10)19-2)11-6-12(16)9-13(17)7-11/h3-9,15,18H,1-2H3. The predicted molar refractivity (Wildman–Crippen MR) is 70.3 cm³/mol. The van der Waals surface area contributed by atoms with Crippen molar-refractivity contribution in [2.24, 2.45) is 0 Å². The van der Waals surface area contributed by atoms with Crippen molar-refractivity contribution in [1.29, 1.82) is 0 Å². The maximum Gasteiger partial charge on any atom is 0.126 e. The Labute approximate surface area is 111 Å². The van der Waals surface area contributed by atoms with Crippen molar-refractivity contribution in [3.8, 4) is 5.75 Å². The van der Waals surface area contributed by atoms with E-state index in [9.17, 15) is 8.78 Å². The molecule has 0 aliphatic heterocycles. The molecule has 2 aromatic carbocycles. The molecule has 2 rings (SSSR count). The quantitative estimate of drug-likeness (QED) is 0.914. The summed E-state index contributed by atoms with van der Waals surface area (Å²) < 4.78 is 31.7. The van der Waals surface area contributed by atoms with E-state index in [0.29, 0.717) is 11.3 Å². The van der Waals surface area contributed by atoms with Gasteiger partial charge >= 0.3 is 0 Å². The van der Waals surface area contributed by atoms with Gasteiger partial charge in [0, 0.05) is 6.07 Å². The zero-order chi connectivity index (χ0) is 13.8. The van der Waals surface area contributed by atoms with Crippen molar-refractivity contribution >= 4 is 0 Å². The number of nitrogens with one attached hydrogen (secondary N) is 1. The first kappa shape index (κ1) is 13.5. The summed E-state index contributed by atoms with van der Waals surface area (Å²) in [6.45, 7) is 0. The Balaban J connectivity index is 2.43. The van der Waals surface area contributed by atoms with Gasteiger partial charge in [0.05, 0.1) is 13.2 Å². The number of methoxy groups -OCH3 is 1. The van der Waals surface area contributed by atoms with Crippen LogP contribution in [0.4, 0.5) is 8.78 Å². The Bertz CT molecular complexity index is 552. The predicted octanol–water partition coefficient (Wildman–Crippen LogP) is 3.28. The van der Waals surface area contributed by atoms with Gasteiger partial charge in [0.2, 0.25) is 0 Å². The second kappa shape index (κ2) is 5.80. The molecule has 100 valence electrons. The van der Waals surface area contributed by atoms with Gasteiger partial charge in [0.1, 0.15) is 17.4 Å². The van der Waals surface area contributed by atoms with E-state index in [4.69, 9.17) is 4.74 Å². The molecule has 1 atom stereocenters. The summed E-state index contributed by atoms with van der Waals surface area (Å²) in [5.74, 6) is -0.467. The highest BCUT2D eigenvalue weighted by atomic mass is 19.1. The van der Waals surface area contributed by atoms with Gasteiger partial charge < -0.3 is 10.1 Å². The summed E-state index contributed by atoms with van der Waals surface area (Å²) in [6.07, 6.45) is 0. The first-order valence-corrected chi connectivity index (χ1v) is 5.91. The summed E-state index contributed by atoms with van der Waals surface area (Å²) >= 11 is 0. The minimum atomic E-state index is -0.585. The fourth-order valence-corrected chi connectivity index (χ4v) is 2.09. The van der Waals surface area contributed by atoms with Crippen LogP contribution in [0, 0.1) is 11.6 Å². The van der Waals surface area contributed by atoms with E-state index in [1.165, 1.54) is 12.1 Å². The average molecular weight is 263 g/mol. The van der Waals surface area contributed by atoms with Crippen LogP contribution in [-0.2, 0) is 0 Å². The van der Waals surface area contributed by atoms with Gasteiger partial charge in [-0.1, -0.05) is 12.1 Å². The van der Waals surface area contributed by atoms with Crippen LogP contribution in [0.25, 0.3) is 0 Å². The summed E-state index contributed by atoms with van der Waals surface area (Å²) in [7, 11) is 3.32. The molecule has 0 aromatic heterocycles. The highest BCUT2D eigenvalue weighted by Crippen LogP contribution is 2.26. The summed E-state index contributed by atoms with van der Waals surface area (Å²) in [5.41, 5.74) is 1.42. The van der Waals surface area contributed by atoms with Gasteiger partial charge in [0.15, 0.2) is 0 Å². The molecule has 0 radical (unpaired) electrons. The van der Waals surface area contributed by atoms with E-state index in [0.717, 1.165) is 11.6 Å². The fraction of sp³-hybridized carbons (Fsp3) is 0.200. The van der Waals surface area contributed by atoms with Gasteiger partial charge in [-0.2, -0.15) is 0 Å². The first-order valence-electron chi connectivity index (χ1n) is 5.91. The molecule has 0 heterocycles. The lowest BCUT2D eigenvalue weighted by Gasteiger charge is -2.18. The largest absolute Gasteiger partial charge is 0.497 e. The zero-order valence-corrected chi connectivity index (χ0v) is 10.8. The van der Waals surface area contributed by atoms with E-state index in [1.807, 2.05) is 24.3 Å². The molecule has 0 bridgehead atoms. The van der Waals surface area contributed by atoms with Crippen LogP contribution in [0.1, 0.15) is 17.2 Å². The smallest absolute Gasteiger partial charge is 0.126 e. The first-order chi connectivity index (χ1) is 9.13. The minimum absolute atomic E-state index is 0.291. The molecule has 0 amide bonds. The minimum Gasteiger partial charge on any atom is -0.497 e. The van der Waals surface area contributed by atoms with Crippen molar-refractivity contribution in [2.45, 2.75) is 6.04 Å². The second-order valence-electron chi connectivity index (χ2n) is 4.20. The number of benzene rings is 2. The molecule has 2 nitrogen and oxygen atoms in total. The Hall–Kier alpha value is -1.94. The molecular weight excluding hydrogens is 248 g/mol. The van der Waals surface area contributed by atoms with E-state index in [1.54, 1.807) is 14.2 Å². The van der Waals surface area contributed by atoms with E-state index < -0.39 is 11.6 Å². The Morgan fingerprint density at radius 1 is 1.00 bits per heavy atom. The second-order valence-corrected chi connectivity index (χ2v) is 4.20. The van der Waals surface area contributed by atoms with Crippen molar-refractivity contribution in [3.63, 3.8) is 0 Å². The number of hydrogen-bond donors (Lipinski definition) is 1. The van der Waals surface area contributed by atoms with E-state index >= 15 is 0 Å². The van der Waals surface area contributed by atoms with Gasteiger partial charge in [-0.3, -0.25) is 0 Å². The van der Waals surface area contributed by atoms with Crippen molar-refractivity contribution in [1.82, 2.24) is 5.32 Å². The van der Waals surface area contributed by atoms with Crippen LogP contribution in [0.15, 0.2) is 42.5 Å². The van der Waals surface area contributed by atoms with E-state index in [-0.39, 0.29) is 6.04 Å². The highest BCUT2D eigenvalue weighted by Gasteiger charge is 2.14. The summed E-state index contributed by atoms with van der Waals surface area (Å²) in [4.78, 5) is 0. The van der Waals surface area contributed by atoms with Crippen molar-refractivity contribution in [3.05, 3.63) is 65.2 Å². The van der Waals surface area contributed by atoms with Crippen molar-refractivity contribution in [2.75, 3.05) is 14.2 Å². The number of halogens is 2. The lowest BCUT2D eigenvalue weighted by molar-refractivity contribution is 0.413. The maximum atomic E-state index is 13.3. The van der Waals surface area contributed by atoms with Crippen LogP contribution in [0.5, 0.6) is 5.75 Å². The van der Waals surface area contributed by atoms with Crippen LogP contribution in [0.2, 0.25) is 0 Å². The molecule has 0 aliphatic carbocycles. The van der Waals surface area contributed by atoms with Crippen molar-refractivity contribution < 1.29 is 13.5 Å². The topological polar surface area (TPSA) is 21.3 Å². The number of hydrogen-bond acceptors (Lipinski definition) is 2. The van der Waals surface area contributed by atoms with Crippen LogP contribution < -0.4 is 10.1 Å². The maximum absolute atomic E-state index is 13.3. The molecule has 4 heteroatoms. The third kappa shape index (κ3) is 3.09. The molecule has 1 N–H and O–H groups in total. The number of ether oxygens (including phenoxy) is 1. The average Bonchev–Trinajstić information content (AvgIpc) is 2.39. The lowest BCUT2D eigenvalue weighted by Crippen LogP contribution is -2.18. The van der Waals surface area contributed by atoms with Crippen LogP contribution >= 0.6 is 0 Å². The molecule has 1 unspecified atom stereocenters. The lowest BCUT2D eigenvalue weighted by atomic mass is 9.98. The summed E-state index contributed by atoms with van der Waals surface area (Å²) in [5, 5.41) is 3.05. The van der Waals surface area contributed by atoms with E-state index in [2.05, 4.69) is 5.32 Å². The zero-order valence-electron chi connectivity index (χ0n) is 10.8. The normalized spacial score (nSPS) is 12.2. The third-order valence-electron chi connectivity index (χ3n) is 2.93.